The van der Waals surface area contributed by atoms with Crippen LogP contribution in [-0.4, -0.2) is 40.1 Å². The Hall–Kier alpha value is -2.12. The zero-order valence-corrected chi connectivity index (χ0v) is 10.1. The van der Waals surface area contributed by atoms with Crippen molar-refractivity contribution in [2.45, 2.75) is 25.8 Å². The van der Waals surface area contributed by atoms with Crippen LogP contribution in [0.3, 0.4) is 0 Å². The van der Waals surface area contributed by atoms with Gasteiger partial charge in [0.1, 0.15) is 6.04 Å². The van der Waals surface area contributed by atoms with E-state index in [1.54, 1.807) is 0 Å². The van der Waals surface area contributed by atoms with Crippen LogP contribution in [0.4, 0.5) is 11.9 Å². The van der Waals surface area contributed by atoms with E-state index in [1.165, 1.54) is 0 Å². The van der Waals surface area contributed by atoms with Gasteiger partial charge in [-0.3, -0.25) is 4.79 Å². The first kappa shape index (κ1) is 12.3. The molecule has 2 heterocycles. The molecule has 1 atom stereocenters. The molecule has 0 saturated carbocycles. The number of nitrogens with two attached hydrogens (primary N) is 1. The van der Waals surface area contributed by atoms with Gasteiger partial charge in [0.15, 0.2) is 0 Å². The molecule has 8 nitrogen and oxygen atoms in total. The molecule has 8 heteroatoms. The molecule has 0 aliphatic carbocycles. The molecule has 1 fully saturated rings. The fraction of sp³-hybridized carbons (Fsp3) is 0.600. The number of carbonyl (C=O) groups excluding carboxylic acids is 1. The minimum atomic E-state index is -0.338. The Bertz CT molecular complexity index is 438. The molecule has 18 heavy (non-hydrogen) atoms. The van der Waals surface area contributed by atoms with Crippen molar-refractivity contribution in [1.29, 1.82) is 0 Å². The van der Waals surface area contributed by atoms with Gasteiger partial charge in [-0.05, 0) is 19.8 Å². The molecule has 1 amide bonds. The second-order valence-corrected chi connectivity index (χ2v) is 3.86. The first-order valence-electron chi connectivity index (χ1n) is 5.87. The number of amides is 1. The molecule has 1 saturated heterocycles. The molecule has 1 aliphatic heterocycles. The molecule has 1 aromatic rings. The van der Waals surface area contributed by atoms with Crippen LogP contribution in [0.1, 0.15) is 19.8 Å². The van der Waals surface area contributed by atoms with Crippen molar-refractivity contribution >= 4 is 17.8 Å². The summed E-state index contributed by atoms with van der Waals surface area (Å²) in [5, 5.41) is 5.71. The lowest BCUT2D eigenvalue weighted by atomic mass is 10.1. The van der Waals surface area contributed by atoms with Gasteiger partial charge in [0.25, 0.3) is 0 Å². The number of hydrogen-bond acceptors (Lipinski definition) is 7. The van der Waals surface area contributed by atoms with Crippen molar-refractivity contribution in [1.82, 2.24) is 20.3 Å². The third-order valence-electron chi connectivity index (χ3n) is 2.49. The van der Waals surface area contributed by atoms with Crippen molar-refractivity contribution in [2.24, 2.45) is 0 Å². The van der Waals surface area contributed by atoms with E-state index in [9.17, 15) is 4.79 Å². The first-order valence-corrected chi connectivity index (χ1v) is 5.87. The minimum Gasteiger partial charge on any atom is -0.464 e. The van der Waals surface area contributed by atoms with Crippen LogP contribution in [0.5, 0.6) is 6.01 Å². The van der Waals surface area contributed by atoms with Crippen LogP contribution in [0.15, 0.2) is 0 Å². The summed E-state index contributed by atoms with van der Waals surface area (Å²) in [5.41, 5.74) is 5.55. The zero-order chi connectivity index (χ0) is 13.0. The van der Waals surface area contributed by atoms with Crippen molar-refractivity contribution in [3.8, 4) is 6.01 Å². The lowest BCUT2D eigenvalue weighted by molar-refractivity contribution is -0.123. The minimum absolute atomic E-state index is 0.0572. The molecule has 0 radical (unpaired) electrons. The normalized spacial score (nSPS) is 19.2. The third kappa shape index (κ3) is 2.96. The van der Waals surface area contributed by atoms with E-state index in [0.29, 0.717) is 13.2 Å². The molecule has 98 valence electrons. The summed E-state index contributed by atoms with van der Waals surface area (Å²) in [6, 6.07) is -0.182. The lowest BCUT2D eigenvalue weighted by Gasteiger charge is -2.22. The molecule has 1 aromatic heterocycles. The van der Waals surface area contributed by atoms with Gasteiger partial charge in [0.2, 0.25) is 17.8 Å². The van der Waals surface area contributed by atoms with Crippen LogP contribution in [0.2, 0.25) is 0 Å². The quantitative estimate of drug-likeness (QED) is 0.664. The Labute approximate surface area is 104 Å². The highest BCUT2D eigenvalue weighted by atomic mass is 16.5. The van der Waals surface area contributed by atoms with Gasteiger partial charge in [-0.1, -0.05) is 0 Å². The average molecular weight is 252 g/mol. The summed E-state index contributed by atoms with van der Waals surface area (Å²) in [6.07, 6.45) is 1.66. The Balaban J connectivity index is 2.10. The van der Waals surface area contributed by atoms with Gasteiger partial charge in [-0.2, -0.15) is 15.0 Å². The van der Waals surface area contributed by atoms with Gasteiger partial charge in [-0.25, -0.2) is 0 Å². The Morgan fingerprint density at radius 1 is 1.50 bits per heavy atom. The van der Waals surface area contributed by atoms with Gasteiger partial charge >= 0.3 is 6.01 Å². The monoisotopic (exact) mass is 252 g/mol. The number of aromatic nitrogens is 3. The number of nitrogens with zero attached hydrogens (tertiary/aromatic N) is 3. The summed E-state index contributed by atoms with van der Waals surface area (Å²) in [7, 11) is 0. The van der Waals surface area contributed by atoms with E-state index in [4.69, 9.17) is 10.5 Å². The van der Waals surface area contributed by atoms with Crippen molar-refractivity contribution < 1.29 is 9.53 Å². The maximum atomic E-state index is 11.6. The average Bonchev–Trinajstić information content (AvgIpc) is 2.32. The number of nitrogens with one attached hydrogen (secondary N) is 2. The molecule has 1 aliphatic rings. The summed E-state index contributed by atoms with van der Waals surface area (Å²) in [4.78, 5) is 23.4. The maximum absolute atomic E-state index is 11.6. The molecule has 0 bridgehead atoms. The second kappa shape index (κ2) is 5.48. The predicted octanol–water partition coefficient (Wildman–Crippen LogP) is -0.457. The number of rotatable bonds is 4. The smallest absolute Gasteiger partial charge is 0.323 e. The van der Waals surface area contributed by atoms with Crippen molar-refractivity contribution in [2.75, 3.05) is 24.2 Å². The number of carbonyl (C=O) groups is 1. The van der Waals surface area contributed by atoms with E-state index in [0.717, 1.165) is 12.8 Å². The molecular weight excluding hydrogens is 236 g/mol. The Kier molecular flexibility index (Phi) is 3.75. The van der Waals surface area contributed by atoms with Crippen LogP contribution >= 0.6 is 0 Å². The third-order valence-corrected chi connectivity index (χ3v) is 2.49. The van der Waals surface area contributed by atoms with E-state index in [2.05, 4.69) is 25.6 Å². The van der Waals surface area contributed by atoms with Crippen LogP contribution < -0.4 is 21.1 Å². The number of ether oxygens (including phenoxy) is 1. The molecule has 0 aromatic carbocycles. The standard InChI is InChI=1S/C10H16N6O2/c1-2-18-10-15-8(11)14-9(16-10)13-6-4-3-5-12-7(6)17/h6H,2-5H2,1H3,(H,12,17)(H3,11,13,14,15,16). The van der Waals surface area contributed by atoms with E-state index >= 15 is 0 Å². The topological polar surface area (TPSA) is 115 Å². The molecule has 1 unspecified atom stereocenters. The predicted molar refractivity (Wildman–Crippen MR) is 65.1 cm³/mol. The SMILES string of the molecule is CCOc1nc(N)nc(NC2CCCNC2=O)n1. The van der Waals surface area contributed by atoms with Crippen molar-refractivity contribution in [3.63, 3.8) is 0 Å². The van der Waals surface area contributed by atoms with Gasteiger partial charge in [-0.15, -0.1) is 0 Å². The second-order valence-electron chi connectivity index (χ2n) is 3.86. The maximum Gasteiger partial charge on any atom is 0.323 e. The number of hydrogen-bond donors (Lipinski definition) is 3. The molecule has 0 spiro atoms. The van der Waals surface area contributed by atoms with Crippen LogP contribution in [-0.2, 0) is 4.79 Å². The fourth-order valence-electron chi connectivity index (χ4n) is 1.70. The van der Waals surface area contributed by atoms with Gasteiger partial charge < -0.3 is 21.1 Å². The molecular formula is C10H16N6O2. The molecule has 2 rings (SSSR count). The van der Waals surface area contributed by atoms with Crippen LogP contribution in [0.25, 0.3) is 0 Å². The largest absolute Gasteiger partial charge is 0.464 e. The summed E-state index contributed by atoms with van der Waals surface area (Å²) >= 11 is 0. The van der Waals surface area contributed by atoms with Crippen molar-refractivity contribution in [3.05, 3.63) is 0 Å². The van der Waals surface area contributed by atoms with E-state index in [-0.39, 0.29) is 29.9 Å². The first-order chi connectivity index (χ1) is 8.69. The van der Waals surface area contributed by atoms with E-state index in [1.807, 2.05) is 6.92 Å². The Morgan fingerprint density at radius 3 is 3.06 bits per heavy atom. The summed E-state index contributed by atoms with van der Waals surface area (Å²) in [5.74, 6) is 0.262. The highest BCUT2D eigenvalue weighted by Gasteiger charge is 2.22. The molecule has 4 N–H and O–H groups in total. The summed E-state index contributed by atoms with van der Waals surface area (Å²) < 4.78 is 5.16. The number of anilines is 2. The highest BCUT2D eigenvalue weighted by molar-refractivity contribution is 5.84. The lowest BCUT2D eigenvalue weighted by Crippen LogP contribution is -2.44. The highest BCUT2D eigenvalue weighted by Crippen LogP contribution is 2.13. The Morgan fingerprint density at radius 2 is 2.33 bits per heavy atom. The fourth-order valence-corrected chi connectivity index (χ4v) is 1.70. The van der Waals surface area contributed by atoms with Gasteiger partial charge in [0, 0.05) is 6.54 Å². The van der Waals surface area contributed by atoms with E-state index < -0.39 is 0 Å². The van der Waals surface area contributed by atoms with Crippen LogP contribution in [0, 0.1) is 0 Å². The zero-order valence-electron chi connectivity index (χ0n) is 10.1. The number of nitrogen functional groups attached to an aromatic ring is 1. The number of piperidine rings is 1. The summed E-state index contributed by atoms with van der Waals surface area (Å²) in [6.45, 7) is 2.97. The van der Waals surface area contributed by atoms with Gasteiger partial charge in [0.05, 0.1) is 6.61 Å².